The van der Waals surface area contributed by atoms with Gasteiger partial charge in [-0.3, -0.25) is 0 Å². The normalized spacial score (nSPS) is 31.7. The summed E-state index contributed by atoms with van der Waals surface area (Å²) in [6.07, 6.45) is 2.81. The van der Waals surface area contributed by atoms with Crippen molar-refractivity contribution in [1.29, 1.82) is 0 Å². The lowest BCUT2D eigenvalue weighted by Crippen LogP contribution is -3.30. The Labute approximate surface area is 141 Å². The molecule has 0 amide bonds. The summed E-state index contributed by atoms with van der Waals surface area (Å²) in [6, 6.07) is 9.53. The fraction of sp³-hybridized carbons (Fsp3) is 0.684. The zero-order chi connectivity index (χ0) is 16.1. The van der Waals surface area contributed by atoms with Gasteiger partial charge in [0, 0.05) is 18.4 Å². The molecule has 0 radical (unpaired) electrons. The average Bonchev–Trinajstić information content (AvgIpc) is 2.63. The third-order valence-corrected chi connectivity index (χ3v) is 5.98. The Kier molecular flexibility index (Phi) is 5.92. The molecule has 0 saturated carbocycles. The monoisotopic (exact) mass is 320 g/mol. The van der Waals surface area contributed by atoms with E-state index in [1.54, 1.807) is 16.9 Å². The van der Waals surface area contributed by atoms with Crippen molar-refractivity contribution in [2.24, 2.45) is 0 Å². The van der Waals surface area contributed by atoms with Crippen molar-refractivity contribution in [2.45, 2.75) is 32.4 Å². The quantitative estimate of drug-likeness (QED) is 0.577. The van der Waals surface area contributed by atoms with Crippen molar-refractivity contribution in [3.8, 4) is 5.75 Å². The minimum absolute atomic E-state index is 0.924. The number of piperazine rings is 1. The molecule has 23 heavy (non-hydrogen) atoms. The lowest BCUT2D eigenvalue weighted by molar-refractivity contribution is -1.03. The van der Waals surface area contributed by atoms with Crippen LogP contribution in [0.1, 0.15) is 25.3 Å². The van der Waals surface area contributed by atoms with Crippen LogP contribution in [0.2, 0.25) is 0 Å². The van der Waals surface area contributed by atoms with E-state index in [0.717, 1.165) is 11.8 Å². The first kappa shape index (κ1) is 16.7. The van der Waals surface area contributed by atoms with Gasteiger partial charge in [0.1, 0.15) is 38.5 Å². The van der Waals surface area contributed by atoms with Gasteiger partial charge in [0.2, 0.25) is 0 Å². The molecular formula is C19H34N3O+3. The number of nitrogens with one attached hydrogen (secondary N) is 3. The first-order valence-electron chi connectivity index (χ1n) is 9.43. The van der Waals surface area contributed by atoms with Crippen molar-refractivity contribution in [3.05, 3.63) is 29.8 Å². The van der Waals surface area contributed by atoms with E-state index >= 15 is 0 Å². The number of hydrogen-bond acceptors (Lipinski definition) is 1. The Morgan fingerprint density at radius 3 is 2.13 bits per heavy atom. The molecule has 1 aromatic carbocycles. The minimum Gasteiger partial charge on any atom is -0.497 e. The maximum absolute atomic E-state index is 5.24. The van der Waals surface area contributed by atoms with Crippen LogP contribution in [-0.4, -0.2) is 59.0 Å². The largest absolute Gasteiger partial charge is 0.497 e. The lowest BCUT2D eigenvalue weighted by Gasteiger charge is -2.37. The first-order valence-corrected chi connectivity index (χ1v) is 9.43. The van der Waals surface area contributed by atoms with Gasteiger partial charge in [-0.15, -0.1) is 0 Å². The molecule has 4 nitrogen and oxygen atoms in total. The van der Waals surface area contributed by atoms with E-state index in [9.17, 15) is 0 Å². The zero-order valence-corrected chi connectivity index (χ0v) is 14.9. The number of ether oxygens (including phenoxy) is 1. The second kappa shape index (κ2) is 8.13. The summed E-state index contributed by atoms with van der Waals surface area (Å²) in [5, 5.41) is 0. The molecule has 0 spiro atoms. The second-order valence-electron chi connectivity index (χ2n) is 7.31. The third-order valence-electron chi connectivity index (χ3n) is 5.98. The fourth-order valence-corrected chi connectivity index (χ4v) is 4.33. The van der Waals surface area contributed by atoms with Gasteiger partial charge in [-0.25, -0.2) is 0 Å². The van der Waals surface area contributed by atoms with E-state index in [0.29, 0.717) is 0 Å². The summed E-state index contributed by atoms with van der Waals surface area (Å²) >= 11 is 0. The van der Waals surface area contributed by atoms with E-state index in [1.165, 1.54) is 70.8 Å². The molecule has 3 N–H and O–H groups in total. The summed E-state index contributed by atoms with van der Waals surface area (Å²) < 4.78 is 5.24. The molecule has 3 rings (SSSR count). The van der Waals surface area contributed by atoms with E-state index in [-0.39, 0.29) is 0 Å². The van der Waals surface area contributed by atoms with E-state index < -0.39 is 0 Å². The number of likely N-dealkylation sites (tertiary alicyclic amines) is 1. The van der Waals surface area contributed by atoms with Crippen LogP contribution in [0.5, 0.6) is 5.75 Å². The summed E-state index contributed by atoms with van der Waals surface area (Å²) in [5.41, 5.74) is 1.44. The van der Waals surface area contributed by atoms with Gasteiger partial charge in [0.05, 0.1) is 32.8 Å². The predicted octanol–water partition coefficient (Wildman–Crippen LogP) is -1.95. The average molecular weight is 321 g/mol. The van der Waals surface area contributed by atoms with E-state index in [1.807, 2.05) is 4.90 Å². The molecule has 0 aliphatic carbocycles. The van der Waals surface area contributed by atoms with Crippen LogP contribution >= 0.6 is 0 Å². The molecule has 1 aromatic rings. The standard InChI is InChI=1S/C19H31N3O/c1-3-20-12-14-22(15-13-20)18-8-10-21(11-9-18)16-17-4-6-19(23-2)7-5-17/h4-7,18H,3,8-16H2,1-2H3/p+3. The molecule has 0 bridgehead atoms. The highest BCUT2D eigenvalue weighted by Gasteiger charge is 2.33. The van der Waals surface area contributed by atoms with Crippen LogP contribution in [0.25, 0.3) is 0 Å². The maximum atomic E-state index is 5.24. The highest BCUT2D eigenvalue weighted by molar-refractivity contribution is 5.26. The number of benzene rings is 1. The van der Waals surface area contributed by atoms with Crippen molar-refractivity contribution < 1.29 is 19.4 Å². The van der Waals surface area contributed by atoms with Gasteiger partial charge in [0.15, 0.2) is 0 Å². The van der Waals surface area contributed by atoms with Crippen LogP contribution in [0.4, 0.5) is 0 Å². The Hall–Kier alpha value is -1.10. The highest BCUT2D eigenvalue weighted by atomic mass is 16.5. The number of likely N-dealkylation sites (N-methyl/N-ethyl adjacent to an activating group) is 1. The van der Waals surface area contributed by atoms with Gasteiger partial charge in [-0.2, -0.15) is 0 Å². The summed E-state index contributed by atoms with van der Waals surface area (Å²) in [5.74, 6) is 0.958. The molecule has 0 atom stereocenters. The van der Waals surface area contributed by atoms with Crippen LogP contribution in [-0.2, 0) is 6.54 Å². The molecule has 0 aromatic heterocycles. The molecular weight excluding hydrogens is 286 g/mol. The predicted molar refractivity (Wildman–Crippen MR) is 92.4 cm³/mol. The van der Waals surface area contributed by atoms with Crippen molar-refractivity contribution in [2.75, 3.05) is 52.9 Å². The molecule has 0 unspecified atom stereocenters. The molecule has 128 valence electrons. The number of rotatable bonds is 5. The minimum atomic E-state index is 0.924. The highest BCUT2D eigenvalue weighted by Crippen LogP contribution is 2.10. The molecule has 4 heteroatoms. The summed E-state index contributed by atoms with van der Waals surface area (Å²) in [6.45, 7) is 13.0. The topological polar surface area (TPSA) is 22.6 Å². The van der Waals surface area contributed by atoms with Crippen molar-refractivity contribution in [3.63, 3.8) is 0 Å². The number of piperidine rings is 1. The van der Waals surface area contributed by atoms with Gasteiger partial charge in [-0.05, 0) is 31.2 Å². The Bertz CT molecular complexity index is 460. The van der Waals surface area contributed by atoms with Gasteiger partial charge < -0.3 is 19.4 Å². The van der Waals surface area contributed by atoms with Crippen molar-refractivity contribution >= 4 is 0 Å². The van der Waals surface area contributed by atoms with Crippen LogP contribution in [0.15, 0.2) is 24.3 Å². The number of hydrogen-bond donors (Lipinski definition) is 3. The van der Waals surface area contributed by atoms with Crippen molar-refractivity contribution in [1.82, 2.24) is 0 Å². The molecule has 2 aliphatic heterocycles. The lowest BCUT2D eigenvalue weighted by atomic mass is 10.0. The second-order valence-corrected chi connectivity index (χ2v) is 7.31. The molecule has 2 aliphatic rings. The Morgan fingerprint density at radius 2 is 1.57 bits per heavy atom. The molecule has 2 heterocycles. The Balaban J connectivity index is 1.43. The third kappa shape index (κ3) is 4.46. The smallest absolute Gasteiger partial charge is 0.127 e. The number of quaternary nitrogens is 3. The molecule has 2 fully saturated rings. The van der Waals surface area contributed by atoms with E-state index in [2.05, 4.69) is 31.2 Å². The summed E-state index contributed by atoms with van der Waals surface area (Å²) in [4.78, 5) is 5.45. The van der Waals surface area contributed by atoms with Gasteiger partial charge >= 0.3 is 0 Å². The van der Waals surface area contributed by atoms with Crippen LogP contribution in [0, 0.1) is 0 Å². The Morgan fingerprint density at radius 1 is 0.913 bits per heavy atom. The van der Waals surface area contributed by atoms with Gasteiger partial charge in [-0.1, -0.05) is 0 Å². The van der Waals surface area contributed by atoms with Gasteiger partial charge in [0.25, 0.3) is 0 Å². The maximum Gasteiger partial charge on any atom is 0.127 e. The first-order chi connectivity index (χ1) is 11.3. The summed E-state index contributed by atoms with van der Waals surface area (Å²) in [7, 11) is 1.73. The number of methoxy groups -OCH3 is 1. The van der Waals surface area contributed by atoms with Crippen LogP contribution in [0.3, 0.4) is 0 Å². The van der Waals surface area contributed by atoms with Crippen LogP contribution < -0.4 is 19.4 Å². The molecule has 2 saturated heterocycles. The zero-order valence-electron chi connectivity index (χ0n) is 14.9. The van der Waals surface area contributed by atoms with E-state index in [4.69, 9.17) is 4.74 Å². The fourth-order valence-electron chi connectivity index (χ4n) is 4.33. The SMILES string of the molecule is CC[NH+]1CC[NH+](C2CC[NH+](Cc3ccc(OC)cc3)CC2)CC1.